The predicted octanol–water partition coefficient (Wildman–Crippen LogP) is 2.58. The molecule has 0 saturated carbocycles. The average Bonchev–Trinajstić information content (AvgIpc) is 2.85. The van der Waals surface area contributed by atoms with Crippen molar-refractivity contribution in [2.45, 2.75) is 5.16 Å². The molecule has 0 aliphatic carbocycles. The molecule has 5 nitrogen and oxygen atoms in total. The lowest BCUT2D eigenvalue weighted by Gasteiger charge is -2.02. The number of benzene rings is 1. The van der Waals surface area contributed by atoms with E-state index >= 15 is 0 Å². The van der Waals surface area contributed by atoms with E-state index in [2.05, 4.69) is 36.4 Å². The molecule has 0 aliphatic heterocycles. The Balaban J connectivity index is 1.93. The van der Waals surface area contributed by atoms with E-state index < -0.39 is 0 Å². The first-order chi connectivity index (χ1) is 8.69. The van der Waals surface area contributed by atoms with Crippen molar-refractivity contribution < 1.29 is 4.79 Å². The van der Waals surface area contributed by atoms with E-state index in [1.54, 1.807) is 12.1 Å². The van der Waals surface area contributed by atoms with Crippen molar-refractivity contribution in [1.29, 1.82) is 0 Å². The SMILES string of the molecule is CSc1n[nH]c(NCC(=O)c2ccc(Br)cc2)n1. The van der Waals surface area contributed by atoms with Crippen molar-refractivity contribution in [1.82, 2.24) is 15.2 Å². The van der Waals surface area contributed by atoms with Gasteiger partial charge < -0.3 is 5.32 Å². The zero-order chi connectivity index (χ0) is 13.0. The Morgan fingerprint density at radius 3 is 2.78 bits per heavy atom. The largest absolute Gasteiger partial charge is 0.347 e. The van der Waals surface area contributed by atoms with Gasteiger partial charge in [0.25, 0.3) is 0 Å². The van der Waals surface area contributed by atoms with Crippen molar-refractivity contribution >= 4 is 39.4 Å². The summed E-state index contributed by atoms with van der Waals surface area (Å²) in [4.78, 5) is 16.0. The molecular weight excluding hydrogens is 316 g/mol. The molecule has 7 heteroatoms. The maximum absolute atomic E-state index is 11.9. The summed E-state index contributed by atoms with van der Waals surface area (Å²) in [7, 11) is 0. The van der Waals surface area contributed by atoms with Crippen LogP contribution < -0.4 is 5.32 Å². The number of carbonyl (C=O) groups is 1. The number of hydrogen-bond donors (Lipinski definition) is 2. The van der Waals surface area contributed by atoms with Crippen LogP contribution in [0.1, 0.15) is 10.4 Å². The van der Waals surface area contributed by atoms with Gasteiger partial charge in [-0.15, -0.1) is 5.10 Å². The van der Waals surface area contributed by atoms with Crippen LogP contribution in [0, 0.1) is 0 Å². The van der Waals surface area contributed by atoms with Gasteiger partial charge in [-0.1, -0.05) is 39.8 Å². The molecule has 0 saturated heterocycles. The molecule has 1 heterocycles. The van der Waals surface area contributed by atoms with Crippen molar-refractivity contribution in [3.05, 3.63) is 34.3 Å². The summed E-state index contributed by atoms with van der Waals surface area (Å²) in [6.07, 6.45) is 1.89. The van der Waals surface area contributed by atoms with Gasteiger partial charge in [0.05, 0.1) is 6.54 Å². The fourth-order valence-electron chi connectivity index (χ4n) is 1.32. The standard InChI is InChI=1S/C11H11BrN4OS/c1-18-11-14-10(15-16-11)13-6-9(17)7-2-4-8(12)5-3-7/h2-5H,6H2,1H3,(H2,13,14,15,16). The molecule has 94 valence electrons. The van der Waals surface area contributed by atoms with Crippen LogP contribution in [0.2, 0.25) is 0 Å². The van der Waals surface area contributed by atoms with E-state index in [0.717, 1.165) is 4.47 Å². The second-order valence-electron chi connectivity index (χ2n) is 3.45. The molecule has 1 aromatic heterocycles. The maximum atomic E-state index is 11.9. The minimum Gasteiger partial charge on any atom is -0.347 e. The molecule has 2 aromatic rings. The van der Waals surface area contributed by atoms with Crippen LogP contribution in [-0.4, -0.2) is 33.8 Å². The number of nitrogens with one attached hydrogen (secondary N) is 2. The molecule has 0 fully saturated rings. The summed E-state index contributed by atoms with van der Waals surface area (Å²) in [5.41, 5.74) is 0.662. The molecule has 0 bridgehead atoms. The maximum Gasteiger partial charge on any atom is 0.219 e. The fourth-order valence-corrected chi connectivity index (χ4v) is 1.90. The van der Waals surface area contributed by atoms with Gasteiger partial charge >= 0.3 is 0 Å². The van der Waals surface area contributed by atoms with Crippen molar-refractivity contribution in [3.63, 3.8) is 0 Å². The van der Waals surface area contributed by atoms with E-state index in [0.29, 0.717) is 16.7 Å². The highest BCUT2D eigenvalue weighted by molar-refractivity contribution is 9.10. The average molecular weight is 327 g/mol. The number of carbonyl (C=O) groups excluding carboxylic acids is 1. The van der Waals surface area contributed by atoms with Crippen LogP contribution >= 0.6 is 27.7 Å². The molecule has 0 spiro atoms. The third kappa shape index (κ3) is 3.33. The molecule has 0 atom stereocenters. The number of aromatic nitrogens is 3. The third-order valence-corrected chi connectivity index (χ3v) is 3.31. The summed E-state index contributed by atoms with van der Waals surface area (Å²) < 4.78 is 0.951. The van der Waals surface area contributed by atoms with Crippen molar-refractivity contribution in [3.8, 4) is 0 Å². The second kappa shape index (κ2) is 6.01. The van der Waals surface area contributed by atoms with Crippen LogP contribution in [0.5, 0.6) is 0 Å². The van der Waals surface area contributed by atoms with Gasteiger partial charge in [0.1, 0.15) is 0 Å². The zero-order valence-corrected chi connectivity index (χ0v) is 12.0. The first-order valence-corrected chi connectivity index (χ1v) is 7.20. The second-order valence-corrected chi connectivity index (χ2v) is 5.14. The van der Waals surface area contributed by atoms with E-state index in [4.69, 9.17) is 0 Å². The monoisotopic (exact) mass is 326 g/mol. The number of ketones is 1. The van der Waals surface area contributed by atoms with Crippen LogP contribution in [0.4, 0.5) is 5.95 Å². The number of thioether (sulfide) groups is 1. The number of nitrogens with zero attached hydrogens (tertiary/aromatic N) is 2. The molecule has 2 N–H and O–H groups in total. The lowest BCUT2D eigenvalue weighted by Crippen LogP contribution is -2.14. The van der Waals surface area contributed by atoms with Gasteiger partial charge in [-0.3, -0.25) is 4.79 Å². The minimum absolute atomic E-state index is 0.00426. The first-order valence-electron chi connectivity index (χ1n) is 5.18. The minimum atomic E-state index is 0.00426. The summed E-state index contributed by atoms with van der Waals surface area (Å²) in [6, 6.07) is 7.24. The van der Waals surface area contributed by atoms with E-state index in [-0.39, 0.29) is 12.3 Å². The molecule has 1 aromatic carbocycles. The van der Waals surface area contributed by atoms with Gasteiger partial charge in [-0.05, 0) is 18.4 Å². The summed E-state index contributed by atoms with van der Waals surface area (Å²) >= 11 is 4.77. The van der Waals surface area contributed by atoms with Gasteiger partial charge in [0.2, 0.25) is 11.1 Å². The first kappa shape index (κ1) is 13.1. The van der Waals surface area contributed by atoms with Crippen LogP contribution in [0.15, 0.2) is 33.9 Å². The van der Waals surface area contributed by atoms with E-state index in [1.807, 2.05) is 18.4 Å². The van der Waals surface area contributed by atoms with E-state index in [1.165, 1.54) is 11.8 Å². The Bertz CT molecular complexity index is 540. The summed E-state index contributed by atoms with van der Waals surface area (Å²) in [5.74, 6) is 0.509. The number of halogens is 1. The quantitative estimate of drug-likeness (QED) is 0.652. The van der Waals surface area contributed by atoms with Crippen LogP contribution in [0.25, 0.3) is 0 Å². The summed E-state index contributed by atoms with van der Waals surface area (Å²) in [6.45, 7) is 0.185. The highest BCUT2D eigenvalue weighted by atomic mass is 79.9. The topological polar surface area (TPSA) is 70.7 Å². The molecular formula is C11H11BrN4OS. The predicted molar refractivity (Wildman–Crippen MR) is 75.1 cm³/mol. The van der Waals surface area contributed by atoms with Gasteiger partial charge in [0, 0.05) is 10.0 Å². The Labute approximate surface area is 117 Å². The molecule has 0 radical (unpaired) electrons. The number of hydrogen-bond acceptors (Lipinski definition) is 5. The lowest BCUT2D eigenvalue weighted by molar-refractivity contribution is 0.101. The lowest BCUT2D eigenvalue weighted by atomic mass is 10.1. The van der Waals surface area contributed by atoms with Crippen LogP contribution in [-0.2, 0) is 0 Å². The number of H-pyrrole nitrogens is 1. The fraction of sp³-hybridized carbons (Fsp3) is 0.182. The molecule has 0 amide bonds. The molecule has 0 unspecified atom stereocenters. The number of rotatable bonds is 5. The zero-order valence-electron chi connectivity index (χ0n) is 9.61. The highest BCUT2D eigenvalue weighted by Crippen LogP contribution is 2.12. The Morgan fingerprint density at radius 1 is 1.44 bits per heavy atom. The molecule has 18 heavy (non-hydrogen) atoms. The molecule has 2 rings (SSSR count). The smallest absolute Gasteiger partial charge is 0.219 e. The highest BCUT2D eigenvalue weighted by Gasteiger charge is 2.07. The molecule has 0 aliphatic rings. The Kier molecular flexibility index (Phi) is 4.38. The van der Waals surface area contributed by atoms with Gasteiger partial charge in [-0.2, -0.15) is 4.98 Å². The summed E-state index contributed by atoms with van der Waals surface area (Å²) in [5, 5.41) is 10.2. The van der Waals surface area contributed by atoms with Crippen LogP contribution in [0.3, 0.4) is 0 Å². The van der Waals surface area contributed by atoms with Gasteiger partial charge in [-0.25, -0.2) is 5.10 Å². The normalized spacial score (nSPS) is 10.3. The Hall–Kier alpha value is -1.34. The Morgan fingerprint density at radius 2 is 2.17 bits per heavy atom. The third-order valence-electron chi connectivity index (χ3n) is 2.23. The number of Topliss-reactive ketones (excluding diaryl/α,β-unsaturated/α-hetero) is 1. The van der Waals surface area contributed by atoms with Crippen molar-refractivity contribution in [2.24, 2.45) is 0 Å². The number of aromatic amines is 1. The van der Waals surface area contributed by atoms with E-state index in [9.17, 15) is 4.79 Å². The van der Waals surface area contributed by atoms with Crippen molar-refractivity contribution in [2.75, 3.05) is 18.1 Å². The van der Waals surface area contributed by atoms with Gasteiger partial charge in [0.15, 0.2) is 5.78 Å². The number of anilines is 1.